The van der Waals surface area contributed by atoms with Crippen molar-refractivity contribution >= 4 is 23.2 Å². The summed E-state index contributed by atoms with van der Waals surface area (Å²) in [6.07, 6.45) is 0.311. The largest absolute Gasteiger partial charge is 0.464 e. The average Bonchev–Trinajstić information content (AvgIpc) is 3.57. The van der Waals surface area contributed by atoms with E-state index < -0.39 is 12.0 Å². The first-order valence-electron chi connectivity index (χ1n) is 9.95. The van der Waals surface area contributed by atoms with Crippen molar-refractivity contribution in [3.8, 4) is 33.8 Å². The van der Waals surface area contributed by atoms with Gasteiger partial charge in [0.15, 0.2) is 0 Å². The van der Waals surface area contributed by atoms with Crippen LogP contribution in [0.15, 0.2) is 81.8 Å². The number of hydrazine groups is 1. The summed E-state index contributed by atoms with van der Waals surface area (Å²) in [5, 5.41) is 17.8. The zero-order valence-electron chi connectivity index (χ0n) is 17.6. The van der Waals surface area contributed by atoms with Crippen LogP contribution >= 0.6 is 11.3 Å². The van der Waals surface area contributed by atoms with Crippen LogP contribution in [0.4, 0.5) is 0 Å². The molecule has 0 aliphatic carbocycles. The highest BCUT2D eigenvalue weighted by Gasteiger charge is 2.27. The average molecular weight is 474 g/mol. The minimum absolute atomic E-state index is 0.0312. The Hall–Kier alpha value is -4.66. The molecule has 0 fully saturated rings. The molecule has 1 aromatic carbocycles. The summed E-state index contributed by atoms with van der Waals surface area (Å²) in [5.41, 5.74) is 9.36. The van der Waals surface area contributed by atoms with Gasteiger partial charge in [-0.3, -0.25) is 10.1 Å². The van der Waals surface area contributed by atoms with Gasteiger partial charge in [-0.05, 0) is 29.6 Å². The van der Waals surface area contributed by atoms with Gasteiger partial charge in [0.25, 0.3) is 5.91 Å². The maximum absolute atomic E-state index is 13.1. The molecule has 34 heavy (non-hydrogen) atoms. The molecule has 1 atom stereocenters. The molecule has 3 aromatic heterocycles. The molecule has 0 aliphatic rings. The van der Waals surface area contributed by atoms with Gasteiger partial charge in [-0.2, -0.15) is 5.26 Å². The number of nitriles is 1. The molecule has 1 unspecified atom stereocenters. The van der Waals surface area contributed by atoms with Crippen molar-refractivity contribution in [3.63, 3.8) is 0 Å². The maximum atomic E-state index is 13.1. The van der Waals surface area contributed by atoms with Gasteiger partial charge in [0.05, 0.1) is 16.8 Å². The van der Waals surface area contributed by atoms with E-state index in [9.17, 15) is 10.1 Å². The zero-order valence-corrected chi connectivity index (χ0v) is 18.5. The minimum Gasteiger partial charge on any atom is -0.464 e. The fraction of sp³-hybridized carbons (Fsp3) is 0.0435. The standard InChI is InChI=1S/C23H19N7O3S/c24-13-16-15(18-8-4-10-32-18)12-17(19-9-5-11-34-19)27-22(16)33-20(14-6-2-1-3-7-14)21(31)28-23(25)29-30-26/h1-12,20,30H,26H2,(H3,25,28,29,31). The van der Waals surface area contributed by atoms with Crippen LogP contribution in [0.25, 0.3) is 21.9 Å². The van der Waals surface area contributed by atoms with Crippen LogP contribution in [-0.2, 0) is 4.79 Å². The Morgan fingerprint density at radius 1 is 1.21 bits per heavy atom. The third kappa shape index (κ3) is 4.88. The van der Waals surface area contributed by atoms with Gasteiger partial charge in [-0.25, -0.2) is 16.4 Å². The highest BCUT2D eigenvalue weighted by molar-refractivity contribution is 7.13. The van der Waals surface area contributed by atoms with Crippen molar-refractivity contribution in [2.75, 3.05) is 0 Å². The Labute approximate surface area is 198 Å². The molecule has 0 spiro atoms. The second-order valence-corrected chi connectivity index (χ2v) is 7.77. The fourth-order valence-corrected chi connectivity index (χ4v) is 3.88. The highest BCUT2D eigenvalue weighted by atomic mass is 32.1. The fourth-order valence-electron chi connectivity index (χ4n) is 3.19. The first kappa shape index (κ1) is 22.5. The van der Waals surface area contributed by atoms with Crippen LogP contribution in [0.1, 0.15) is 17.2 Å². The van der Waals surface area contributed by atoms with Gasteiger partial charge in [-0.15, -0.1) is 16.4 Å². The maximum Gasteiger partial charge on any atom is 0.272 e. The molecular weight excluding hydrogens is 454 g/mol. The first-order valence-corrected chi connectivity index (χ1v) is 10.8. The number of amides is 1. The summed E-state index contributed by atoms with van der Waals surface area (Å²) in [7, 11) is 0. The Kier molecular flexibility index (Phi) is 6.83. The summed E-state index contributed by atoms with van der Waals surface area (Å²) in [6, 6.07) is 19.9. The summed E-state index contributed by atoms with van der Waals surface area (Å²) in [5.74, 6) is 4.67. The Morgan fingerprint density at radius 2 is 2.03 bits per heavy atom. The monoisotopic (exact) mass is 473 g/mol. The molecule has 0 radical (unpaired) electrons. The first-order chi connectivity index (χ1) is 16.6. The van der Waals surface area contributed by atoms with Crippen molar-refractivity contribution in [1.29, 1.82) is 5.26 Å². The van der Waals surface area contributed by atoms with Crippen LogP contribution < -0.4 is 27.2 Å². The predicted molar refractivity (Wildman–Crippen MR) is 127 cm³/mol. The van der Waals surface area contributed by atoms with E-state index in [2.05, 4.69) is 21.5 Å². The molecule has 4 aromatic rings. The number of nitrogens with one attached hydrogen (secondary N) is 2. The van der Waals surface area contributed by atoms with Crippen LogP contribution in [0.2, 0.25) is 0 Å². The lowest BCUT2D eigenvalue weighted by Crippen LogP contribution is -2.42. The topological polar surface area (TPSA) is 165 Å². The number of carbonyl (C=O) groups excluding carboxylic acids is 1. The molecule has 1 amide bonds. The predicted octanol–water partition coefficient (Wildman–Crippen LogP) is 2.87. The van der Waals surface area contributed by atoms with E-state index in [0.29, 0.717) is 22.6 Å². The highest BCUT2D eigenvalue weighted by Crippen LogP contribution is 2.36. The lowest BCUT2D eigenvalue weighted by atomic mass is 10.1. The molecule has 10 nitrogen and oxygen atoms in total. The number of pyridine rings is 1. The van der Waals surface area contributed by atoms with Crippen molar-refractivity contribution in [2.45, 2.75) is 6.10 Å². The van der Waals surface area contributed by atoms with E-state index in [-0.39, 0.29) is 17.4 Å². The third-order valence-electron chi connectivity index (χ3n) is 4.66. The summed E-state index contributed by atoms with van der Waals surface area (Å²) in [6.45, 7) is 0. The normalized spacial score (nSPS) is 11.9. The molecule has 170 valence electrons. The Bertz CT molecular complexity index is 1330. The van der Waals surface area contributed by atoms with Crippen LogP contribution in [0.3, 0.4) is 0 Å². The number of ether oxygens (including phenoxy) is 1. The van der Waals surface area contributed by atoms with E-state index >= 15 is 0 Å². The van der Waals surface area contributed by atoms with Crippen LogP contribution in [0, 0.1) is 11.3 Å². The summed E-state index contributed by atoms with van der Waals surface area (Å²) >= 11 is 1.48. The summed E-state index contributed by atoms with van der Waals surface area (Å²) < 4.78 is 11.6. The molecule has 4 rings (SSSR count). The van der Waals surface area contributed by atoms with E-state index in [1.54, 1.807) is 48.5 Å². The minimum atomic E-state index is -1.20. The van der Waals surface area contributed by atoms with Gasteiger partial charge in [-0.1, -0.05) is 36.4 Å². The number of guanidine groups is 1. The van der Waals surface area contributed by atoms with E-state index in [0.717, 1.165) is 4.88 Å². The molecule has 0 saturated heterocycles. The van der Waals surface area contributed by atoms with Gasteiger partial charge >= 0.3 is 0 Å². The number of benzene rings is 1. The van der Waals surface area contributed by atoms with Gasteiger partial charge in [0.2, 0.25) is 17.9 Å². The van der Waals surface area contributed by atoms with Crippen molar-refractivity contribution in [3.05, 3.63) is 83.4 Å². The number of rotatable bonds is 7. The van der Waals surface area contributed by atoms with Crippen molar-refractivity contribution in [2.24, 2.45) is 16.7 Å². The summed E-state index contributed by atoms with van der Waals surface area (Å²) in [4.78, 5) is 18.5. The van der Waals surface area contributed by atoms with E-state index in [1.807, 2.05) is 23.0 Å². The molecule has 0 saturated carbocycles. The molecule has 0 aliphatic heterocycles. The quantitative estimate of drug-likeness (QED) is 0.138. The molecule has 3 heterocycles. The van der Waals surface area contributed by atoms with Gasteiger partial charge < -0.3 is 14.9 Å². The third-order valence-corrected chi connectivity index (χ3v) is 5.56. The number of furan rings is 1. The SMILES string of the molecule is N#Cc1c(-c2ccco2)cc(-c2cccs2)nc1OC(C(=O)N/C(N)=N/NN)c1ccccc1. The Balaban J connectivity index is 1.83. The number of nitrogens with two attached hydrogens (primary N) is 2. The number of carbonyl (C=O) groups is 1. The van der Waals surface area contributed by atoms with Crippen molar-refractivity contribution in [1.82, 2.24) is 15.8 Å². The number of aromatic nitrogens is 1. The molecule has 0 bridgehead atoms. The van der Waals surface area contributed by atoms with Gasteiger partial charge in [0.1, 0.15) is 17.4 Å². The molecular formula is C23H19N7O3S. The van der Waals surface area contributed by atoms with E-state index in [1.165, 1.54) is 17.6 Å². The number of hydrazone groups is 1. The second-order valence-electron chi connectivity index (χ2n) is 6.83. The number of thiophene rings is 1. The number of nitrogens with zero attached hydrogens (tertiary/aromatic N) is 3. The van der Waals surface area contributed by atoms with Gasteiger partial charge in [0, 0.05) is 11.1 Å². The zero-order chi connectivity index (χ0) is 23.9. The van der Waals surface area contributed by atoms with Crippen LogP contribution in [0.5, 0.6) is 5.88 Å². The number of hydrogen-bond acceptors (Lipinski definition) is 9. The molecule has 6 N–H and O–H groups in total. The van der Waals surface area contributed by atoms with Crippen molar-refractivity contribution < 1.29 is 13.9 Å². The smallest absolute Gasteiger partial charge is 0.272 e. The molecule has 11 heteroatoms. The lowest BCUT2D eigenvalue weighted by molar-refractivity contribution is -0.126. The van der Waals surface area contributed by atoms with E-state index in [4.69, 9.17) is 20.7 Å². The second kappa shape index (κ2) is 10.3. The lowest BCUT2D eigenvalue weighted by Gasteiger charge is -2.20. The Morgan fingerprint density at radius 3 is 2.68 bits per heavy atom. The number of hydrogen-bond donors (Lipinski definition) is 4. The van der Waals surface area contributed by atoms with Crippen LogP contribution in [-0.4, -0.2) is 16.9 Å².